The van der Waals surface area contributed by atoms with Crippen LogP contribution in [-0.4, -0.2) is 43.3 Å². The van der Waals surface area contributed by atoms with Crippen molar-refractivity contribution in [3.63, 3.8) is 0 Å². The summed E-state index contributed by atoms with van der Waals surface area (Å²) in [6.45, 7) is -0.0887. The molecule has 0 unspecified atom stereocenters. The van der Waals surface area contributed by atoms with Crippen molar-refractivity contribution in [2.45, 2.75) is 12.8 Å². The number of nitrogens with zero attached hydrogens (tertiary/aromatic N) is 1. The molecule has 140 valence electrons. The van der Waals surface area contributed by atoms with E-state index in [9.17, 15) is 14.4 Å². The van der Waals surface area contributed by atoms with Gasteiger partial charge < -0.3 is 20.3 Å². The molecule has 0 atom stereocenters. The third-order valence-electron chi connectivity index (χ3n) is 4.22. The van der Waals surface area contributed by atoms with Crippen molar-refractivity contribution in [3.05, 3.63) is 53.6 Å². The van der Waals surface area contributed by atoms with Gasteiger partial charge in [-0.25, -0.2) is 0 Å². The molecule has 7 heteroatoms. The maximum atomic E-state index is 12.5. The Morgan fingerprint density at radius 3 is 2.74 bits per heavy atom. The number of amides is 3. The van der Waals surface area contributed by atoms with Crippen LogP contribution in [-0.2, 0) is 16.0 Å². The summed E-state index contributed by atoms with van der Waals surface area (Å²) in [5.41, 5.74) is 2.86. The first-order valence-corrected chi connectivity index (χ1v) is 8.59. The molecule has 0 aliphatic carbocycles. The van der Waals surface area contributed by atoms with E-state index in [4.69, 9.17) is 4.74 Å². The molecule has 2 aromatic carbocycles. The molecular weight excluding hydrogens is 346 g/mol. The summed E-state index contributed by atoms with van der Waals surface area (Å²) in [6, 6.07) is 12.1. The van der Waals surface area contributed by atoms with Gasteiger partial charge in [0.2, 0.25) is 5.91 Å². The molecule has 1 aliphatic rings. The normalized spacial score (nSPS) is 12.6. The summed E-state index contributed by atoms with van der Waals surface area (Å²) in [5, 5.41) is 5.66. The zero-order valence-corrected chi connectivity index (χ0v) is 15.2. The number of benzene rings is 2. The number of nitrogens with one attached hydrogen (secondary N) is 2. The van der Waals surface area contributed by atoms with Gasteiger partial charge in [-0.15, -0.1) is 0 Å². The Morgan fingerprint density at radius 2 is 1.96 bits per heavy atom. The molecule has 2 N–H and O–H groups in total. The fourth-order valence-electron chi connectivity index (χ4n) is 2.67. The van der Waals surface area contributed by atoms with Crippen molar-refractivity contribution in [1.82, 2.24) is 4.90 Å². The average molecular weight is 367 g/mol. The first kappa shape index (κ1) is 18.4. The molecule has 7 nitrogen and oxygen atoms in total. The lowest BCUT2D eigenvalue weighted by Crippen LogP contribution is -2.27. The van der Waals surface area contributed by atoms with Gasteiger partial charge >= 0.3 is 0 Å². The first-order valence-electron chi connectivity index (χ1n) is 8.59. The highest BCUT2D eigenvalue weighted by atomic mass is 16.5. The van der Waals surface area contributed by atoms with Gasteiger partial charge in [0.05, 0.1) is 0 Å². The number of carbonyl (C=O) groups is 3. The molecule has 0 spiro atoms. The van der Waals surface area contributed by atoms with Crippen molar-refractivity contribution in [2.24, 2.45) is 0 Å². The van der Waals surface area contributed by atoms with Crippen molar-refractivity contribution < 1.29 is 19.1 Å². The molecular formula is C20H21N3O4. The van der Waals surface area contributed by atoms with Crippen LogP contribution in [0.4, 0.5) is 11.4 Å². The monoisotopic (exact) mass is 367 g/mol. The minimum absolute atomic E-state index is 0.00356. The Bertz CT molecular complexity index is 893. The largest absolute Gasteiger partial charge is 0.484 e. The van der Waals surface area contributed by atoms with E-state index < -0.39 is 0 Å². The molecule has 1 heterocycles. The third kappa shape index (κ3) is 4.63. The van der Waals surface area contributed by atoms with Crippen LogP contribution in [0.2, 0.25) is 0 Å². The molecule has 0 aromatic heterocycles. The minimum atomic E-state index is -0.279. The number of hydrogen-bond donors (Lipinski definition) is 2. The van der Waals surface area contributed by atoms with Gasteiger partial charge in [-0.3, -0.25) is 14.4 Å². The van der Waals surface area contributed by atoms with Crippen LogP contribution in [0.1, 0.15) is 22.3 Å². The van der Waals surface area contributed by atoms with Crippen LogP contribution in [0.25, 0.3) is 0 Å². The van der Waals surface area contributed by atoms with Gasteiger partial charge in [0.1, 0.15) is 5.75 Å². The second-order valence-electron chi connectivity index (χ2n) is 6.48. The quantitative estimate of drug-likeness (QED) is 0.849. The van der Waals surface area contributed by atoms with Crippen LogP contribution in [0.3, 0.4) is 0 Å². The third-order valence-corrected chi connectivity index (χ3v) is 4.22. The number of fused-ring (bicyclic) bond motifs is 1. The molecule has 0 saturated carbocycles. The van der Waals surface area contributed by atoms with E-state index >= 15 is 0 Å². The van der Waals surface area contributed by atoms with Gasteiger partial charge in [-0.1, -0.05) is 6.07 Å². The zero-order chi connectivity index (χ0) is 19.4. The van der Waals surface area contributed by atoms with E-state index in [2.05, 4.69) is 10.6 Å². The van der Waals surface area contributed by atoms with Crippen molar-refractivity contribution in [2.75, 3.05) is 31.3 Å². The standard InChI is InChI=1S/C20H21N3O4/c1-23(2)19(25)12-27-16-5-3-4-14(11-16)20(26)21-15-7-8-17-13(10-15)6-9-18(24)22-17/h3-5,7-8,10-11H,6,9,12H2,1-2H3,(H,21,26)(H,22,24). The summed E-state index contributed by atoms with van der Waals surface area (Å²) in [5.74, 6) is 0.0139. The topological polar surface area (TPSA) is 87.7 Å². The van der Waals surface area contributed by atoms with E-state index in [1.54, 1.807) is 50.5 Å². The van der Waals surface area contributed by atoms with E-state index in [1.807, 2.05) is 6.07 Å². The summed E-state index contributed by atoms with van der Waals surface area (Å²) in [7, 11) is 3.30. The van der Waals surface area contributed by atoms with Crippen molar-refractivity contribution in [1.29, 1.82) is 0 Å². The minimum Gasteiger partial charge on any atom is -0.484 e. The van der Waals surface area contributed by atoms with E-state index in [0.717, 1.165) is 11.3 Å². The predicted octanol–water partition coefficient (Wildman–Crippen LogP) is 2.29. The highest BCUT2D eigenvalue weighted by Crippen LogP contribution is 2.26. The SMILES string of the molecule is CN(C)C(=O)COc1cccc(C(=O)Nc2ccc3c(c2)CCC(=O)N3)c1. The number of anilines is 2. The summed E-state index contributed by atoms with van der Waals surface area (Å²) in [4.78, 5) is 37.0. The highest BCUT2D eigenvalue weighted by Gasteiger charge is 2.16. The molecule has 0 bridgehead atoms. The van der Waals surface area contributed by atoms with Gasteiger partial charge in [0.25, 0.3) is 11.8 Å². The second kappa shape index (κ2) is 7.90. The molecule has 27 heavy (non-hydrogen) atoms. The van der Waals surface area contributed by atoms with Crippen LogP contribution in [0, 0.1) is 0 Å². The lowest BCUT2D eigenvalue weighted by molar-refractivity contribution is -0.130. The first-order chi connectivity index (χ1) is 12.9. The van der Waals surface area contributed by atoms with Gasteiger partial charge in [-0.05, 0) is 48.4 Å². The highest BCUT2D eigenvalue weighted by molar-refractivity contribution is 6.05. The maximum absolute atomic E-state index is 12.5. The van der Waals surface area contributed by atoms with Gasteiger partial charge in [0, 0.05) is 37.5 Å². The van der Waals surface area contributed by atoms with E-state index in [0.29, 0.717) is 29.8 Å². The van der Waals surface area contributed by atoms with Crippen LogP contribution < -0.4 is 15.4 Å². The Labute approximate surface area is 157 Å². The number of ether oxygens (including phenoxy) is 1. The molecule has 2 aromatic rings. The maximum Gasteiger partial charge on any atom is 0.259 e. The molecule has 0 radical (unpaired) electrons. The second-order valence-corrected chi connectivity index (χ2v) is 6.48. The average Bonchev–Trinajstić information content (AvgIpc) is 2.66. The van der Waals surface area contributed by atoms with Gasteiger partial charge in [-0.2, -0.15) is 0 Å². The predicted molar refractivity (Wildman–Crippen MR) is 102 cm³/mol. The van der Waals surface area contributed by atoms with Crippen LogP contribution in [0.5, 0.6) is 5.75 Å². The smallest absolute Gasteiger partial charge is 0.259 e. The lowest BCUT2D eigenvalue weighted by atomic mass is 10.0. The van der Waals surface area contributed by atoms with Gasteiger partial charge in [0.15, 0.2) is 6.61 Å². The number of aryl methyl sites for hydroxylation is 1. The summed E-state index contributed by atoms with van der Waals surface area (Å²) < 4.78 is 5.44. The summed E-state index contributed by atoms with van der Waals surface area (Å²) >= 11 is 0. The van der Waals surface area contributed by atoms with E-state index in [-0.39, 0.29) is 24.3 Å². The number of rotatable bonds is 5. The Morgan fingerprint density at radius 1 is 1.15 bits per heavy atom. The Hall–Kier alpha value is -3.35. The summed E-state index contributed by atoms with van der Waals surface area (Å²) in [6.07, 6.45) is 1.09. The lowest BCUT2D eigenvalue weighted by Gasteiger charge is -2.17. The Kier molecular flexibility index (Phi) is 5.40. The fraction of sp³-hybridized carbons (Fsp3) is 0.250. The molecule has 1 aliphatic heterocycles. The molecule has 0 fully saturated rings. The van der Waals surface area contributed by atoms with Crippen molar-refractivity contribution in [3.8, 4) is 5.75 Å². The molecule has 3 amide bonds. The number of likely N-dealkylation sites (N-methyl/N-ethyl adjacent to an activating group) is 1. The molecule has 0 saturated heterocycles. The van der Waals surface area contributed by atoms with Crippen LogP contribution >= 0.6 is 0 Å². The molecule has 3 rings (SSSR count). The fourth-order valence-corrected chi connectivity index (χ4v) is 2.67. The number of carbonyl (C=O) groups excluding carboxylic acids is 3. The van der Waals surface area contributed by atoms with E-state index in [1.165, 1.54) is 4.90 Å². The van der Waals surface area contributed by atoms with Crippen LogP contribution in [0.15, 0.2) is 42.5 Å². The zero-order valence-electron chi connectivity index (χ0n) is 15.2. The Balaban J connectivity index is 1.67. The van der Waals surface area contributed by atoms with Crippen molar-refractivity contribution >= 4 is 29.1 Å². The number of hydrogen-bond acceptors (Lipinski definition) is 4.